The highest BCUT2D eigenvalue weighted by atomic mass is 35.5. The maximum Gasteiger partial charge on any atom is 0.263 e. The van der Waals surface area contributed by atoms with Gasteiger partial charge in [0.25, 0.3) is 15.9 Å². The summed E-state index contributed by atoms with van der Waals surface area (Å²) in [6, 6.07) is 11.5. The molecule has 1 aliphatic heterocycles. The van der Waals surface area contributed by atoms with Gasteiger partial charge in [0.2, 0.25) is 5.03 Å². The molecule has 1 N–H and O–H groups in total. The topological polar surface area (TPSA) is 87.5 Å². The van der Waals surface area contributed by atoms with Gasteiger partial charge in [-0.1, -0.05) is 29.8 Å². The number of aryl methyl sites for hydroxylation is 1. The molecule has 3 aromatic rings. The highest BCUT2D eigenvalue weighted by molar-refractivity contribution is 7.89. The number of nitrogens with one attached hydrogen (secondary N) is 1. The minimum Gasteiger partial charge on any atom is -0.368 e. The van der Waals surface area contributed by atoms with Crippen LogP contribution < -0.4 is 10.2 Å². The molecule has 1 amide bonds. The third kappa shape index (κ3) is 4.83. The summed E-state index contributed by atoms with van der Waals surface area (Å²) in [6.45, 7) is 1.98. The summed E-state index contributed by atoms with van der Waals surface area (Å²) < 4.78 is 29.4. The molecule has 0 saturated carbocycles. The monoisotopic (exact) mass is 493 g/mol. The van der Waals surface area contributed by atoms with Crippen LogP contribution in [0.4, 0.5) is 5.69 Å². The SMILES string of the molecule is Cn1cc(C(=O)NCCc2cccs2)c(S(=O)(=O)N2CCN(c3ccccc3Cl)CC2)n1. The van der Waals surface area contributed by atoms with Gasteiger partial charge in [-0.3, -0.25) is 9.48 Å². The van der Waals surface area contributed by atoms with Gasteiger partial charge in [-0.25, -0.2) is 8.42 Å². The van der Waals surface area contributed by atoms with E-state index in [4.69, 9.17) is 11.6 Å². The second kappa shape index (κ2) is 9.62. The Morgan fingerprint density at radius 2 is 1.91 bits per heavy atom. The van der Waals surface area contributed by atoms with E-state index in [2.05, 4.69) is 15.3 Å². The van der Waals surface area contributed by atoms with E-state index in [-0.39, 0.29) is 23.7 Å². The van der Waals surface area contributed by atoms with Gasteiger partial charge in [-0.15, -0.1) is 11.3 Å². The Morgan fingerprint density at radius 3 is 2.59 bits per heavy atom. The molecule has 1 aliphatic rings. The third-order valence-corrected chi connectivity index (χ3v) is 8.38. The van der Waals surface area contributed by atoms with Crippen LogP contribution >= 0.6 is 22.9 Å². The number of anilines is 1. The van der Waals surface area contributed by atoms with Crippen molar-refractivity contribution in [2.45, 2.75) is 11.4 Å². The zero-order chi connectivity index (χ0) is 22.7. The van der Waals surface area contributed by atoms with Crippen LogP contribution in [0.3, 0.4) is 0 Å². The molecule has 1 saturated heterocycles. The highest BCUT2D eigenvalue weighted by Crippen LogP contribution is 2.27. The first-order valence-electron chi connectivity index (χ1n) is 10.2. The predicted molar refractivity (Wildman–Crippen MR) is 126 cm³/mol. The molecule has 4 rings (SSSR count). The van der Waals surface area contributed by atoms with Gasteiger partial charge in [-0.05, 0) is 30.0 Å². The number of amides is 1. The van der Waals surface area contributed by atoms with Crippen molar-refractivity contribution in [3.8, 4) is 0 Å². The van der Waals surface area contributed by atoms with Crippen LogP contribution in [0.5, 0.6) is 0 Å². The number of thiophene rings is 1. The number of carbonyl (C=O) groups excluding carboxylic acids is 1. The van der Waals surface area contributed by atoms with Gasteiger partial charge in [0, 0.05) is 50.8 Å². The van der Waals surface area contributed by atoms with E-state index in [1.54, 1.807) is 18.4 Å². The standard InChI is InChI=1S/C21H24ClN5O3S2/c1-25-15-17(20(28)23-9-8-16-5-4-14-31-16)21(24-25)32(29,30)27-12-10-26(11-13-27)19-7-3-2-6-18(19)22/h2-7,14-15H,8-13H2,1H3,(H,23,28). The Kier molecular flexibility index (Phi) is 6.85. The van der Waals surface area contributed by atoms with Crippen LogP contribution in [0.1, 0.15) is 15.2 Å². The Morgan fingerprint density at radius 1 is 1.16 bits per heavy atom. The van der Waals surface area contributed by atoms with Gasteiger partial charge in [0.15, 0.2) is 0 Å². The average molecular weight is 494 g/mol. The smallest absolute Gasteiger partial charge is 0.263 e. The molecule has 11 heteroatoms. The quantitative estimate of drug-likeness (QED) is 0.546. The number of benzene rings is 1. The fourth-order valence-electron chi connectivity index (χ4n) is 3.66. The molecule has 0 radical (unpaired) electrons. The summed E-state index contributed by atoms with van der Waals surface area (Å²) in [5.41, 5.74) is 0.946. The maximum atomic E-state index is 13.3. The number of sulfonamides is 1. The average Bonchev–Trinajstić information content (AvgIpc) is 3.44. The van der Waals surface area contributed by atoms with E-state index in [9.17, 15) is 13.2 Å². The molecular formula is C21H24ClN5O3S2. The molecule has 0 bridgehead atoms. The lowest BCUT2D eigenvalue weighted by molar-refractivity contribution is 0.0950. The molecule has 0 spiro atoms. The maximum absolute atomic E-state index is 13.3. The van der Waals surface area contributed by atoms with Crippen LogP contribution in [0.15, 0.2) is 53.0 Å². The van der Waals surface area contributed by atoms with Crippen molar-refractivity contribution < 1.29 is 13.2 Å². The summed E-state index contributed by atoms with van der Waals surface area (Å²) in [5, 5.41) is 9.34. The number of para-hydroxylation sites is 1. The van der Waals surface area contributed by atoms with Crippen LogP contribution in [-0.4, -0.2) is 61.1 Å². The molecule has 32 heavy (non-hydrogen) atoms. The first-order valence-corrected chi connectivity index (χ1v) is 12.9. The first kappa shape index (κ1) is 22.8. The molecule has 1 aromatic carbocycles. The fourth-order valence-corrected chi connectivity index (χ4v) is 6.17. The largest absolute Gasteiger partial charge is 0.368 e. The van der Waals surface area contributed by atoms with Gasteiger partial charge in [0.1, 0.15) is 0 Å². The molecule has 0 aliphatic carbocycles. The fraction of sp³-hybridized carbons (Fsp3) is 0.333. The van der Waals surface area contributed by atoms with Crippen molar-refractivity contribution in [2.75, 3.05) is 37.6 Å². The molecule has 3 heterocycles. The first-order chi connectivity index (χ1) is 15.4. The number of halogens is 1. The minimum absolute atomic E-state index is 0.0622. The van der Waals surface area contributed by atoms with E-state index in [0.29, 0.717) is 31.1 Å². The number of hydrogen-bond donors (Lipinski definition) is 1. The van der Waals surface area contributed by atoms with Gasteiger partial charge >= 0.3 is 0 Å². The third-order valence-electron chi connectivity index (χ3n) is 5.29. The van der Waals surface area contributed by atoms with E-state index in [1.165, 1.54) is 15.2 Å². The number of nitrogens with zero attached hydrogens (tertiary/aromatic N) is 4. The Bertz CT molecular complexity index is 1190. The summed E-state index contributed by atoms with van der Waals surface area (Å²) in [5.74, 6) is -0.442. The zero-order valence-electron chi connectivity index (χ0n) is 17.6. The van der Waals surface area contributed by atoms with Crippen molar-refractivity contribution in [3.05, 3.63) is 63.4 Å². The van der Waals surface area contributed by atoms with Gasteiger partial charge < -0.3 is 10.2 Å². The molecule has 170 valence electrons. The number of carbonyl (C=O) groups is 1. The number of piperazine rings is 1. The summed E-state index contributed by atoms with van der Waals surface area (Å²) in [4.78, 5) is 16.0. The van der Waals surface area contributed by atoms with Crippen molar-refractivity contribution in [2.24, 2.45) is 7.05 Å². The van der Waals surface area contributed by atoms with Gasteiger partial charge in [-0.2, -0.15) is 9.40 Å². The summed E-state index contributed by atoms with van der Waals surface area (Å²) in [6.07, 6.45) is 2.14. The normalized spacial score (nSPS) is 15.1. The Hall–Kier alpha value is -2.40. The van der Waals surface area contributed by atoms with E-state index in [0.717, 1.165) is 10.6 Å². The van der Waals surface area contributed by atoms with Crippen molar-refractivity contribution in [3.63, 3.8) is 0 Å². The second-order valence-corrected chi connectivity index (χ2v) is 10.7. The Labute approximate surface area is 196 Å². The highest BCUT2D eigenvalue weighted by Gasteiger charge is 2.34. The molecule has 8 nitrogen and oxygen atoms in total. The lowest BCUT2D eigenvalue weighted by Crippen LogP contribution is -2.49. The number of rotatable bonds is 7. The minimum atomic E-state index is -3.92. The van der Waals surface area contributed by atoms with Gasteiger partial charge in [0.05, 0.1) is 16.3 Å². The zero-order valence-corrected chi connectivity index (χ0v) is 20.0. The number of hydrogen-bond acceptors (Lipinski definition) is 6. The van der Waals surface area contributed by atoms with Crippen LogP contribution in [-0.2, 0) is 23.5 Å². The number of aromatic nitrogens is 2. The lowest BCUT2D eigenvalue weighted by atomic mass is 10.2. The van der Waals surface area contributed by atoms with Crippen molar-refractivity contribution >= 4 is 44.6 Å². The van der Waals surface area contributed by atoms with Crippen LogP contribution in [0, 0.1) is 0 Å². The van der Waals surface area contributed by atoms with Crippen molar-refractivity contribution in [1.82, 2.24) is 19.4 Å². The van der Waals surface area contributed by atoms with E-state index in [1.807, 2.05) is 41.8 Å². The molecular weight excluding hydrogens is 470 g/mol. The van der Waals surface area contributed by atoms with Crippen LogP contribution in [0.2, 0.25) is 5.02 Å². The lowest BCUT2D eigenvalue weighted by Gasteiger charge is -2.35. The summed E-state index contributed by atoms with van der Waals surface area (Å²) >= 11 is 7.90. The molecule has 2 aromatic heterocycles. The molecule has 0 unspecified atom stereocenters. The van der Waals surface area contributed by atoms with Crippen LogP contribution in [0.25, 0.3) is 0 Å². The summed E-state index contributed by atoms with van der Waals surface area (Å²) in [7, 11) is -2.31. The molecule has 1 fully saturated rings. The van der Waals surface area contributed by atoms with Crippen molar-refractivity contribution in [1.29, 1.82) is 0 Å². The molecule has 0 atom stereocenters. The van der Waals surface area contributed by atoms with E-state index >= 15 is 0 Å². The predicted octanol–water partition coefficient (Wildman–Crippen LogP) is 2.62. The second-order valence-electron chi connectivity index (χ2n) is 7.45. The van der Waals surface area contributed by atoms with E-state index < -0.39 is 15.9 Å². The Balaban J connectivity index is 1.45.